The van der Waals surface area contributed by atoms with Crippen molar-refractivity contribution in [3.05, 3.63) is 53.3 Å². The van der Waals surface area contributed by atoms with E-state index in [0.717, 1.165) is 19.5 Å². The van der Waals surface area contributed by atoms with Crippen molar-refractivity contribution < 1.29 is 0 Å². The highest BCUT2D eigenvalue weighted by Crippen LogP contribution is 2.21. The van der Waals surface area contributed by atoms with Crippen LogP contribution < -0.4 is 5.32 Å². The summed E-state index contributed by atoms with van der Waals surface area (Å²) in [5, 5.41) is 3.59. The summed E-state index contributed by atoms with van der Waals surface area (Å²) in [6.07, 6.45) is 3.20. The zero-order valence-corrected chi connectivity index (χ0v) is 11.5. The molecule has 0 aliphatic rings. The van der Waals surface area contributed by atoms with Gasteiger partial charge in [-0.15, -0.1) is 0 Å². The summed E-state index contributed by atoms with van der Waals surface area (Å²) in [5.74, 6) is 0. The van der Waals surface area contributed by atoms with Gasteiger partial charge in [0.25, 0.3) is 0 Å². The molecule has 0 bridgehead atoms. The average Bonchev–Trinajstić information content (AvgIpc) is 2.84. The van der Waals surface area contributed by atoms with E-state index >= 15 is 0 Å². The smallest absolute Gasteiger partial charge is 0.0553 e. The van der Waals surface area contributed by atoms with Crippen LogP contribution in [0.25, 0.3) is 0 Å². The Morgan fingerprint density at radius 1 is 1.11 bits per heavy atom. The molecule has 0 atom stereocenters. The Bertz CT molecular complexity index is 512. The van der Waals surface area contributed by atoms with Gasteiger partial charge >= 0.3 is 0 Å². The van der Waals surface area contributed by atoms with Crippen LogP contribution in [0, 0.1) is 6.92 Å². The number of anilines is 1. The molecule has 18 heavy (non-hydrogen) atoms. The van der Waals surface area contributed by atoms with Crippen LogP contribution >= 0.6 is 0 Å². The first-order chi connectivity index (χ1) is 8.76. The van der Waals surface area contributed by atoms with E-state index in [-0.39, 0.29) is 0 Å². The third-order valence-corrected chi connectivity index (χ3v) is 3.45. The number of benzene rings is 1. The van der Waals surface area contributed by atoms with Crippen molar-refractivity contribution in [2.45, 2.75) is 40.3 Å². The summed E-state index contributed by atoms with van der Waals surface area (Å²) in [7, 11) is 0. The molecule has 1 aromatic carbocycles. The molecule has 2 rings (SSSR count). The predicted octanol–water partition coefficient (Wildman–Crippen LogP) is 3.99. The second-order valence-corrected chi connectivity index (χ2v) is 4.60. The van der Waals surface area contributed by atoms with E-state index in [0.29, 0.717) is 0 Å². The van der Waals surface area contributed by atoms with E-state index in [1.807, 2.05) is 0 Å². The molecule has 0 aliphatic heterocycles. The summed E-state index contributed by atoms with van der Waals surface area (Å²) in [5.41, 5.74) is 5.35. The maximum atomic E-state index is 3.59. The van der Waals surface area contributed by atoms with Gasteiger partial charge in [-0.05, 0) is 43.5 Å². The second kappa shape index (κ2) is 5.76. The molecule has 0 amide bonds. The average molecular weight is 242 g/mol. The van der Waals surface area contributed by atoms with Gasteiger partial charge in [-0.1, -0.05) is 25.1 Å². The van der Waals surface area contributed by atoms with Crippen LogP contribution in [-0.2, 0) is 19.5 Å². The topological polar surface area (TPSA) is 17.0 Å². The van der Waals surface area contributed by atoms with Gasteiger partial charge in [-0.25, -0.2) is 0 Å². The van der Waals surface area contributed by atoms with Crippen LogP contribution in [0.4, 0.5) is 5.69 Å². The molecule has 0 unspecified atom stereocenters. The maximum Gasteiger partial charge on any atom is 0.0553 e. The minimum Gasteiger partial charge on any atom is -0.379 e. The Balaban J connectivity index is 2.15. The van der Waals surface area contributed by atoms with Crippen LogP contribution in [-0.4, -0.2) is 4.57 Å². The molecular formula is C16H22N2. The number of aromatic nitrogens is 1. The Labute approximate surface area is 110 Å². The summed E-state index contributed by atoms with van der Waals surface area (Å²) >= 11 is 0. The molecule has 0 saturated carbocycles. The number of rotatable bonds is 5. The van der Waals surface area contributed by atoms with Gasteiger partial charge in [0.05, 0.1) is 6.54 Å². The van der Waals surface area contributed by atoms with E-state index < -0.39 is 0 Å². The van der Waals surface area contributed by atoms with Crippen molar-refractivity contribution in [1.82, 2.24) is 4.57 Å². The molecule has 2 nitrogen and oxygen atoms in total. The fourth-order valence-corrected chi connectivity index (χ4v) is 2.37. The molecule has 0 saturated heterocycles. The van der Waals surface area contributed by atoms with Crippen molar-refractivity contribution >= 4 is 5.69 Å². The van der Waals surface area contributed by atoms with E-state index in [4.69, 9.17) is 0 Å². The van der Waals surface area contributed by atoms with E-state index in [9.17, 15) is 0 Å². The van der Waals surface area contributed by atoms with Crippen molar-refractivity contribution in [2.24, 2.45) is 0 Å². The van der Waals surface area contributed by atoms with Crippen LogP contribution in [0.5, 0.6) is 0 Å². The van der Waals surface area contributed by atoms with Gasteiger partial charge in [-0.2, -0.15) is 0 Å². The number of para-hydroxylation sites is 1. The molecule has 1 aromatic heterocycles. The minimum atomic E-state index is 0.888. The highest BCUT2D eigenvalue weighted by molar-refractivity contribution is 5.57. The van der Waals surface area contributed by atoms with E-state index in [2.05, 4.69) is 67.2 Å². The lowest BCUT2D eigenvalue weighted by molar-refractivity contribution is 0.723. The first-order valence-corrected chi connectivity index (χ1v) is 6.72. The van der Waals surface area contributed by atoms with Crippen molar-refractivity contribution in [3.8, 4) is 0 Å². The minimum absolute atomic E-state index is 0.888. The fraction of sp³-hybridized carbons (Fsp3) is 0.375. The van der Waals surface area contributed by atoms with Crippen LogP contribution in [0.15, 0.2) is 36.5 Å². The highest BCUT2D eigenvalue weighted by atomic mass is 15.0. The SMILES string of the molecule is CCc1cccc(C)c1NCc1cccn1CC. The molecular weight excluding hydrogens is 220 g/mol. The number of hydrogen-bond acceptors (Lipinski definition) is 1. The lowest BCUT2D eigenvalue weighted by Crippen LogP contribution is -2.08. The third kappa shape index (κ3) is 2.58. The second-order valence-electron chi connectivity index (χ2n) is 4.60. The molecule has 0 radical (unpaired) electrons. The van der Waals surface area contributed by atoms with Crippen LogP contribution in [0.1, 0.15) is 30.7 Å². The van der Waals surface area contributed by atoms with Crippen molar-refractivity contribution in [3.63, 3.8) is 0 Å². The standard InChI is InChI=1S/C16H22N2/c1-4-14-9-6-8-13(3)16(14)17-12-15-10-7-11-18(15)5-2/h6-11,17H,4-5,12H2,1-3H3. The number of aryl methyl sites for hydroxylation is 3. The van der Waals surface area contributed by atoms with Crippen molar-refractivity contribution in [2.75, 3.05) is 5.32 Å². The monoisotopic (exact) mass is 242 g/mol. The van der Waals surface area contributed by atoms with E-state index in [1.165, 1.54) is 22.5 Å². The zero-order valence-electron chi connectivity index (χ0n) is 11.5. The summed E-state index contributed by atoms with van der Waals surface area (Å²) in [6.45, 7) is 8.46. The fourth-order valence-electron chi connectivity index (χ4n) is 2.37. The molecule has 1 heterocycles. The molecule has 0 aliphatic carbocycles. The first-order valence-electron chi connectivity index (χ1n) is 6.72. The van der Waals surface area contributed by atoms with E-state index in [1.54, 1.807) is 0 Å². The predicted molar refractivity (Wildman–Crippen MR) is 78.0 cm³/mol. The number of hydrogen-bond donors (Lipinski definition) is 1. The van der Waals surface area contributed by atoms with Gasteiger partial charge in [0, 0.05) is 24.1 Å². The van der Waals surface area contributed by atoms with Gasteiger partial charge < -0.3 is 9.88 Å². The largest absolute Gasteiger partial charge is 0.379 e. The molecule has 0 fully saturated rings. The highest BCUT2D eigenvalue weighted by Gasteiger charge is 2.05. The zero-order chi connectivity index (χ0) is 13.0. The lowest BCUT2D eigenvalue weighted by atomic mass is 10.1. The summed E-state index contributed by atoms with van der Waals surface area (Å²) in [4.78, 5) is 0. The summed E-state index contributed by atoms with van der Waals surface area (Å²) in [6, 6.07) is 10.8. The maximum absolute atomic E-state index is 3.59. The normalized spacial score (nSPS) is 10.6. The van der Waals surface area contributed by atoms with Gasteiger partial charge in [-0.3, -0.25) is 0 Å². The molecule has 2 heteroatoms. The van der Waals surface area contributed by atoms with Gasteiger partial charge in [0.1, 0.15) is 0 Å². The Morgan fingerprint density at radius 2 is 1.94 bits per heavy atom. The van der Waals surface area contributed by atoms with Gasteiger partial charge in [0.15, 0.2) is 0 Å². The lowest BCUT2D eigenvalue weighted by Gasteiger charge is -2.15. The molecule has 1 N–H and O–H groups in total. The third-order valence-electron chi connectivity index (χ3n) is 3.45. The van der Waals surface area contributed by atoms with Gasteiger partial charge in [0.2, 0.25) is 0 Å². The summed E-state index contributed by atoms with van der Waals surface area (Å²) < 4.78 is 2.27. The Kier molecular flexibility index (Phi) is 4.08. The van der Waals surface area contributed by atoms with Crippen LogP contribution in [0.3, 0.4) is 0 Å². The Hall–Kier alpha value is -1.70. The number of nitrogens with zero attached hydrogens (tertiary/aromatic N) is 1. The first kappa shape index (κ1) is 12.7. The number of nitrogens with one attached hydrogen (secondary N) is 1. The molecule has 0 spiro atoms. The molecule has 96 valence electrons. The van der Waals surface area contributed by atoms with Crippen LogP contribution in [0.2, 0.25) is 0 Å². The van der Waals surface area contributed by atoms with Crippen molar-refractivity contribution in [1.29, 1.82) is 0 Å². The quantitative estimate of drug-likeness (QED) is 0.839. The molecule has 2 aromatic rings. The Morgan fingerprint density at radius 3 is 2.67 bits per heavy atom.